The van der Waals surface area contributed by atoms with Gasteiger partial charge in [-0.15, -0.1) is 0 Å². The highest BCUT2D eigenvalue weighted by atomic mass is 32.1. The van der Waals surface area contributed by atoms with E-state index in [0.717, 1.165) is 0 Å². The lowest BCUT2D eigenvalue weighted by atomic mass is 10.5. The second-order valence-corrected chi connectivity index (χ2v) is 3.85. The van der Waals surface area contributed by atoms with E-state index in [-0.39, 0.29) is 19.1 Å². The first-order valence-electron chi connectivity index (χ1n) is 5.06. The Bertz CT molecular complexity index is 366. The van der Waals surface area contributed by atoms with Gasteiger partial charge in [0.15, 0.2) is 6.61 Å². The van der Waals surface area contributed by atoms with Crippen molar-refractivity contribution in [1.29, 1.82) is 0 Å². The fourth-order valence-corrected chi connectivity index (χ4v) is 1.47. The smallest absolute Gasteiger partial charge is 0.325 e. The summed E-state index contributed by atoms with van der Waals surface area (Å²) < 4.78 is 13.8. The van der Waals surface area contributed by atoms with Crippen LogP contribution in [-0.4, -0.2) is 48.0 Å². The van der Waals surface area contributed by atoms with Crippen LogP contribution in [0.15, 0.2) is 11.4 Å². The molecule has 0 radical (unpaired) electrons. The summed E-state index contributed by atoms with van der Waals surface area (Å²) in [5.74, 6) is -0.323. The second-order valence-electron chi connectivity index (χ2n) is 3.18. The van der Waals surface area contributed by atoms with Gasteiger partial charge in [-0.3, -0.25) is 9.59 Å². The fourth-order valence-electron chi connectivity index (χ4n) is 1.01. The number of carbonyl (C=O) groups is 2. The van der Waals surface area contributed by atoms with E-state index in [4.69, 9.17) is 9.47 Å². The van der Waals surface area contributed by atoms with E-state index in [9.17, 15) is 9.59 Å². The predicted octanol–water partition coefficient (Wildman–Crippen LogP) is 0.543. The summed E-state index contributed by atoms with van der Waals surface area (Å²) >= 11 is 1.24. The Morgan fingerprint density at radius 3 is 2.88 bits per heavy atom. The number of ether oxygens (including phenoxy) is 2. The van der Waals surface area contributed by atoms with Crippen LogP contribution >= 0.6 is 11.5 Å². The van der Waals surface area contributed by atoms with Crippen LogP contribution in [0.5, 0.6) is 5.88 Å². The molecule has 0 saturated heterocycles. The first-order chi connectivity index (χ1) is 8.13. The SMILES string of the molecule is CCOC(=O)CN(C)C(=O)COc1ccsn1. The molecule has 0 aliphatic heterocycles. The quantitative estimate of drug-likeness (QED) is 0.697. The molecule has 0 unspecified atom stereocenters. The Labute approximate surface area is 103 Å². The minimum atomic E-state index is -0.433. The lowest BCUT2D eigenvalue weighted by molar-refractivity contribution is -0.148. The number of rotatable bonds is 6. The van der Waals surface area contributed by atoms with Crippen LogP contribution in [0.25, 0.3) is 0 Å². The molecule has 0 fully saturated rings. The van der Waals surface area contributed by atoms with Gasteiger partial charge in [-0.1, -0.05) is 0 Å². The lowest BCUT2D eigenvalue weighted by Crippen LogP contribution is -2.36. The Morgan fingerprint density at radius 1 is 1.53 bits per heavy atom. The van der Waals surface area contributed by atoms with Crippen LogP contribution in [-0.2, 0) is 14.3 Å². The average molecular weight is 258 g/mol. The number of esters is 1. The lowest BCUT2D eigenvalue weighted by Gasteiger charge is -2.15. The maximum absolute atomic E-state index is 11.5. The third-order valence-corrected chi connectivity index (χ3v) is 2.40. The van der Waals surface area contributed by atoms with Crippen molar-refractivity contribution in [3.63, 3.8) is 0 Å². The number of likely N-dealkylation sites (N-methyl/N-ethyl adjacent to an activating group) is 1. The molecular weight excluding hydrogens is 244 g/mol. The minimum Gasteiger partial charge on any atom is -0.467 e. The average Bonchev–Trinajstić information content (AvgIpc) is 2.78. The molecule has 0 aromatic carbocycles. The van der Waals surface area contributed by atoms with E-state index in [1.54, 1.807) is 18.4 Å². The monoisotopic (exact) mass is 258 g/mol. The largest absolute Gasteiger partial charge is 0.467 e. The van der Waals surface area contributed by atoms with E-state index >= 15 is 0 Å². The number of aromatic nitrogens is 1. The van der Waals surface area contributed by atoms with Gasteiger partial charge >= 0.3 is 5.97 Å². The van der Waals surface area contributed by atoms with Gasteiger partial charge in [0.2, 0.25) is 5.88 Å². The molecule has 0 aliphatic rings. The van der Waals surface area contributed by atoms with Crippen molar-refractivity contribution in [3.8, 4) is 5.88 Å². The van der Waals surface area contributed by atoms with E-state index in [1.165, 1.54) is 23.5 Å². The molecule has 1 amide bonds. The summed E-state index contributed by atoms with van der Waals surface area (Å²) in [5.41, 5.74) is 0. The second kappa shape index (κ2) is 6.85. The van der Waals surface area contributed by atoms with Crippen molar-refractivity contribution in [2.24, 2.45) is 0 Å². The molecular formula is C10H14N2O4S. The van der Waals surface area contributed by atoms with Gasteiger partial charge in [0.25, 0.3) is 5.91 Å². The molecule has 0 aliphatic carbocycles. The van der Waals surface area contributed by atoms with Gasteiger partial charge in [0, 0.05) is 18.5 Å². The molecule has 1 heterocycles. The van der Waals surface area contributed by atoms with E-state index in [0.29, 0.717) is 12.5 Å². The summed E-state index contributed by atoms with van der Waals surface area (Å²) in [6.45, 7) is 1.80. The molecule has 0 spiro atoms. The minimum absolute atomic E-state index is 0.0763. The summed E-state index contributed by atoms with van der Waals surface area (Å²) in [5, 5.41) is 1.75. The van der Waals surface area contributed by atoms with Crippen molar-refractivity contribution >= 4 is 23.4 Å². The van der Waals surface area contributed by atoms with E-state index in [1.807, 2.05) is 0 Å². The van der Waals surface area contributed by atoms with Crippen molar-refractivity contribution in [2.75, 3.05) is 26.8 Å². The van der Waals surface area contributed by atoms with Gasteiger partial charge in [0.05, 0.1) is 6.61 Å². The Morgan fingerprint density at radius 2 is 2.29 bits per heavy atom. The first kappa shape index (κ1) is 13.4. The van der Waals surface area contributed by atoms with Gasteiger partial charge in [-0.05, 0) is 18.5 Å². The normalized spacial score (nSPS) is 9.76. The Balaban J connectivity index is 2.29. The molecule has 0 saturated carbocycles. The van der Waals surface area contributed by atoms with Crippen LogP contribution in [0.1, 0.15) is 6.92 Å². The number of carbonyl (C=O) groups excluding carboxylic acids is 2. The van der Waals surface area contributed by atoms with E-state index in [2.05, 4.69) is 4.37 Å². The fraction of sp³-hybridized carbons (Fsp3) is 0.500. The van der Waals surface area contributed by atoms with Crippen LogP contribution in [0.3, 0.4) is 0 Å². The van der Waals surface area contributed by atoms with Crippen LogP contribution in [0.2, 0.25) is 0 Å². The third kappa shape index (κ3) is 4.81. The molecule has 1 aromatic heterocycles. The molecule has 6 nitrogen and oxygen atoms in total. The zero-order valence-corrected chi connectivity index (χ0v) is 10.5. The first-order valence-corrected chi connectivity index (χ1v) is 5.90. The van der Waals surface area contributed by atoms with Crippen LogP contribution < -0.4 is 4.74 Å². The molecule has 94 valence electrons. The van der Waals surface area contributed by atoms with Crippen LogP contribution in [0, 0.1) is 0 Å². The molecule has 1 rings (SSSR count). The predicted molar refractivity (Wildman–Crippen MR) is 61.9 cm³/mol. The maximum atomic E-state index is 11.5. The summed E-state index contributed by atoms with van der Waals surface area (Å²) in [4.78, 5) is 23.9. The molecule has 0 N–H and O–H groups in total. The zero-order valence-electron chi connectivity index (χ0n) is 9.71. The molecule has 0 atom stereocenters. The number of nitrogens with zero attached hydrogens (tertiary/aromatic N) is 2. The standard InChI is InChI=1S/C10H14N2O4S/c1-3-15-10(14)6-12(2)9(13)7-16-8-4-5-17-11-8/h4-5H,3,6-7H2,1-2H3. The van der Waals surface area contributed by atoms with Gasteiger partial charge in [0.1, 0.15) is 6.54 Å². The summed E-state index contributed by atoms with van der Waals surface area (Å²) in [6, 6.07) is 1.67. The summed E-state index contributed by atoms with van der Waals surface area (Å²) in [7, 11) is 1.52. The zero-order chi connectivity index (χ0) is 12.7. The summed E-state index contributed by atoms with van der Waals surface area (Å²) in [6.07, 6.45) is 0. The number of amides is 1. The molecule has 0 bridgehead atoms. The maximum Gasteiger partial charge on any atom is 0.325 e. The Hall–Kier alpha value is -1.63. The molecule has 17 heavy (non-hydrogen) atoms. The molecule has 1 aromatic rings. The number of hydrogen-bond acceptors (Lipinski definition) is 6. The highest BCUT2D eigenvalue weighted by Crippen LogP contribution is 2.08. The third-order valence-electron chi connectivity index (χ3n) is 1.86. The van der Waals surface area contributed by atoms with Crippen molar-refractivity contribution in [1.82, 2.24) is 9.27 Å². The Kier molecular flexibility index (Phi) is 5.41. The molecule has 7 heteroatoms. The topological polar surface area (TPSA) is 68.7 Å². The highest BCUT2D eigenvalue weighted by molar-refractivity contribution is 7.03. The van der Waals surface area contributed by atoms with Gasteiger partial charge in [-0.2, -0.15) is 4.37 Å². The van der Waals surface area contributed by atoms with Crippen molar-refractivity contribution < 1.29 is 19.1 Å². The van der Waals surface area contributed by atoms with Crippen molar-refractivity contribution in [2.45, 2.75) is 6.92 Å². The van der Waals surface area contributed by atoms with Gasteiger partial charge < -0.3 is 14.4 Å². The van der Waals surface area contributed by atoms with Gasteiger partial charge in [-0.25, -0.2) is 0 Å². The van der Waals surface area contributed by atoms with Crippen LogP contribution in [0.4, 0.5) is 0 Å². The highest BCUT2D eigenvalue weighted by Gasteiger charge is 2.14. The number of hydrogen-bond donors (Lipinski definition) is 0. The van der Waals surface area contributed by atoms with E-state index < -0.39 is 5.97 Å². The van der Waals surface area contributed by atoms with Crippen molar-refractivity contribution in [3.05, 3.63) is 11.4 Å².